The average molecular weight is 352 g/mol. The molecule has 1 amide bonds. The number of aromatic nitrogens is 1. The monoisotopic (exact) mass is 351 g/mol. The summed E-state index contributed by atoms with van der Waals surface area (Å²) in [5.74, 6) is 0.182. The Kier molecular flexibility index (Phi) is 6.16. The normalized spacial score (nSPS) is 20.6. The summed E-state index contributed by atoms with van der Waals surface area (Å²) in [7, 11) is 0. The summed E-state index contributed by atoms with van der Waals surface area (Å²) in [5.41, 5.74) is 3.23. The molecule has 2 heterocycles. The number of carbonyl (C=O) groups is 1. The van der Waals surface area contributed by atoms with E-state index in [1.807, 2.05) is 5.38 Å². The average Bonchev–Trinajstić information content (AvgIpc) is 2.96. The quantitative estimate of drug-likeness (QED) is 0.882. The third-order valence-electron chi connectivity index (χ3n) is 4.08. The SMILES string of the molecule is Cc1ccc(-c2csc(NC(=O)[C@H]3CCN[C@@H](C)C3)n2)cc1.Cl. The molecule has 124 valence electrons. The van der Waals surface area contributed by atoms with Crippen LogP contribution < -0.4 is 10.6 Å². The van der Waals surface area contributed by atoms with E-state index in [0.29, 0.717) is 11.2 Å². The van der Waals surface area contributed by atoms with E-state index in [4.69, 9.17) is 0 Å². The molecule has 1 aromatic heterocycles. The summed E-state index contributed by atoms with van der Waals surface area (Å²) < 4.78 is 0. The van der Waals surface area contributed by atoms with Crippen molar-refractivity contribution in [1.82, 2.24) is 10.3 Å². The van der Waals surface area contributed by atoms with Crippen molar-refractivity contribution in [2.24, 2.45) is 5.92 Å². The molecule has 0 saturated carbocycles. The number of amides is 1. The fourth-order valence-electron chi connectivity index (χ4n) is 2.77. The van der Waals surface area contributed by atoms with Gasteiger partial charge in [0.25, 0.3) is 0 Å². The van der Waals surface area contributed by atoms with Crippen molar-refractivity contribution in [1.29, 1.82) is 0 Å². The van der Waals surface area contributed by atoms with Crippen LogP contribution in [-0.4, -0.2) is 23.5 Å². The van der Waals surface area contributed by atoms with E-state index in [1.165, 1.54) is 16.9 Å². The number of benzene rings is 1. The fraction of sp³-hybridized carbons (Fsp3) is 0.412. The maximum absolute atomic E-state index is 12.3. The van der Waals surface area contributed by atoms with Crippen LogP contribution in [0, 0.1) is 12.8 Å². The van der Waals surface area contributed by atoms with Gasteiger partial charge in [0.05, 0.1) is 5.69 Å². The van der Waals surface area contributed by atoms with Crippen molar-refractivity contribution in [3.8, 4) is 11.3 Å². The highest BCUT2D eigenvalue weighted by Crippen LogP contribution is 2.26. The third kappa shape index (κ3) is 4.53. The van der Waals surface area contributed by atoms with Crippen LogP contribution in [0.1, 0.15) is 25.3 Å². The Hall–Kier alpha value is -1.43. The molecule has 2 atom stereocenters. The van der Waals surface area contributed by atoms with Gasteiger partial charge < -0.3 is 10.6 Å². The van der Waals surface area contributed by atoms with Crippen molar-refractivity contribution in [2.45, 2.75) is 32.7 Å². The number of nitrogens with zero attached hydrogens (tertiary/aromatic N) is 1. The summed E-state index contributed by atoms with van der Waals surface area (Å²) in [6.45, 7) is 5.10. The summed E-state index contributed by atoms with van der Waals surface area (Å²) >= 11 is 1.48. The van der Waals surface area contributed by atoms with Crippen molar-refractivity contribution >= 4 is 34.8 Å². The Balaban J connectivity index is 0.00000192. The molecular formula is C17H22ClN3OS. The largest absolute Gasteiger partial charge is 0.314 e. The second-order valence-corrected chi connectivity index (χ2v) is 6.83. The van der Waals surface area contributed by atoms with Crippen LogP contribution in [0.4, 0.5) is 5.13 Å². The zero-order valence-corrected chi connectivity index (χ0v) is 15.0. The molecule has 23 heavy (non-hydrogen) atoms. The molecule has 2 aromatic rings. The predicted molar refractivity (Wildman–Crippen MR) is 98.4 cm³/mol. The van der Waals surface area contributed by atoms with Gasteiger partial charge in [-0.25, -0.2) is 4.98 Å². The van der Waals surface area contributed by atoms with Gasteiger partial charge in [-0.15, -0.1) is 23.7 Å². The number of anilines is 1. The molecule has 1 aliphatic heterocycles. The Morgan fingerprint density at radius 2 is 2.09 bits per heavy atom. The highest BCUT2D eigenvalue weighted by atomic mass is 35.5. The van der Waals surface area contributed by atoms with E-state index in [0.717, 1.165) is 30.6 Å². The Morgan fingerprint density at radius 3 is 2.78 bits per heavy atom. The van der Waals surface area contributed by atoms with E-state index in [9.17, 15) is 4.79 Å². The second kappa shape index (κ2) is 7.90. The lowest BCUT2D eigenvalue weighted by atomic mass is 9.92. The molecule has 0 spiro atoms. The summed E-state index contributed by atoms with van der Waals surface area (Å²) in [6, 6.07) is 8.67. The smallest absolute Gasteiger partial charge is 0.229 e. The van der Waals surface area contributed by atoms with E-state index >= 15 is 0 Å². The van der Waals surface area contributed by atoms with Gasteiger partial charge in [0.15, 0.2) is 5.13 Å². The Labute approximate surface area is 147 Å². The van der Waals surface area contributed by atoms with Crippen molar-refractivity contribution in [3.63, 3.8) is 0 Å². The number of halogens is 1. The minimum absolute atomic E-state index is 0. The van der Waals surface area contributed by atoms with E-state index < -0.39 is 0 Å². The number of thiazole rings is 1. The van der Waals surface area contributed by atoms with E-state index in [-0.39, 0.29) is 24.2 Å². The first-order valence-electron chi connectivity index (χ1n) is 7.68. The van der Waals surface area contributed by atoms with E-state index in [1.54, 1.807) is 0 Å². The van der Waals surface area contributed by atoms with Crippen LogP contribution in [0.5, 0.6) is 0 Å². The second-order valence-electron chi connectivity index (χ2n) is 5.97. The van der Waals surface area contributed by atoms with Gasteiger partial charge in [0.1, 0.15) is 0 Å². The van der Waals surface area contributed by atoms with Crippen molar-refractivity contribution in [3.05, 3.63) is 35.2 Å². The van der Waals surface area contributed by atoms with Gasteiger partial charge in [-0.1, -0.05) is 29.8 Å². The van der Waals surface area contributed by atoms with Gasteiger partial charge in [0, 0.05) is 22.9 Å². The lowest BCUT2D eigenvalue weighted by Crippen LogP contribution is -2.40. The van der Waals surface area contributed by atoms with Gasteiger partial charge in [-0.05, 0) is 33.2 Å². The number of nitrogens with one attached hydrogen (secondary N) is 2. The molecule has 1 aromatic carbocycles. The predicted octanol–water partition coefficient (Wildman–Crippen LogP) is 3.87. The molecule has 0 unspecified atom stereocenters. The van der Waals surface area contributed by atoms with Crippen LogP contribution >= 0.6 is 23.7 Å². The van der Waals surface area contributed by atoms with Crippen LogP contribution in [0.15, 0.2) is 29.6 Å². The topological polar surface area (TPSA) is 54.0 Å². The van der Waals surface area contributed by atoms with Crippen LogP contribution in [0.2, 0.25) is 0 Å². The van der Waals surface area contributed by atoms with Crippen LogP contribution in [0.25, 0.3) is 11.3 Å². The number of hydrogen-bond acceptors (Lipinski definition) is 4. The van der Waals surface area contributed by atoms with Crippen molar-refractivity contribution in [2.75, 3.05) is 11.9 Å². The number of rotatable bonds is 3. The third-order valence-corrected chi connectivity index (χ3v) is 4.83. The molecule has 1 saturated heterocycles. The van der Waals surface area contributed by atoms with Gasteiger partial charge >= 0.3 is 0 Å². The standard InChI is InChI=1S/C17H21N3OS.ClH/c1-11-3-5-13(6-4-11)15-10-22-17(19-15)20-16(21)14-7-8-18-12(2)9-14;/h3-6,10,12,14,18H,7-9H2,1-2H3,(H,19,20,21);1H/t12-,14-;/m0./s1. The molecule has 1 aliphatic rings. The molecular weight excluding hydrogens is 330 g/mol. The van der Waals surface area contributed by atoms with Crippen molar-refractivity contribution < 1.29 is 4.79 Å². The number of carbonyl (C=O) groups excluding carboxylic acids is 1. The fourth-order valence-corrected chi connectivity index (χ4v) is 3.49. The summed E-state index contributed by atoms with van der Waals surface area (Å²) in [5, 5.41) is 9.02. The maximum Gasteiger partial charge on any atom is 0.229 e. The first-order chi connectivity index (χ1) is 10.6. The molecule has 3 rings (SSSR count). The molecule has 1 fully saturated rings. The van der Waals surface area contributed by atoms with E-state index in [2.05, 4.69) is 53.7 Å². The molecule has 4 nitrogen and oxygen atoms in total. The number of hydrogen-bond donors (Lipinski definition) is 2. The molecule has 0 aliphatic carbocycles. The Bertz CT molecular complexity index is 656. The summed E-state index contributed by atoms with van der Waals surface area (Å²) in [4.78, 5) is 16.9. The Morgan fingerprint density at radius 1 is 1.35 bits per heavy atom. The zero-order valence-electron chi connectivity index (χ0n) is 13.3. The highest BCUT2D eigenvalue weighted by Gasteiger charge is 2.25. The lowest BCUT2D eigenvalue weighted by molar-refractivity contribution is -0.120. The van der Waals surface area contributed by atoms with Gasteiger partial charge in [-0.3, -0.25) is 4.79 Å². The number of piperidine rings is 1. The highest BCUT2D eigenvalue weighted by molar-refractivity contribution is 7.14. The minimum Gasteiger partial charge on any atom is -0.314 e. The molecule has 6 heteroatoms. The first kappa shape index (κ1) is 17.9. The van der Waals surface area contributed by atoms with Gasteiger partial charge in [-0.2, -0.15) is 0 Å². The maximum atomic E-state index is 12.3. The molecule has 0 bridgehead atoms. The number of aryl methyl sites for hydroxylation is 1. The lowest BCUT2D eigenvalue weighted by Gasteiger charge is -2.26. The molecule has 0 radical (unpaired) electrons. The van der Waals surface area contributed by atoms with Crippen LogP contribution in [-0.2, 0) is 4.79 Å². The van der Waals surface area contributed by atoms with Crippen LogP contribution in [0.3, 0.4) is 0 Å². The molecule has 2 N–H and O–H groups in total. The zero-order chi connectivity index (χ0) is 15.5. The van der Waals surface area contributed by atoms with Gasteiger partial charge in [0.2, 0.25) is 5.91 Å². The first-order valence-corrected chi connectivity index (χ1v) is 8.56. The minimum atomic E-state index is 0. The summed E-state index contributed by atoms with van der Waals surface area (Å²) in [6.07, 6.45) is 1.79.